The number of amides is 1. The van der Waals surface area contributed by atoms with Gasteiger partial charge in [0.2, 0.25) is 0 Å². The van der Waals surface area contributed by atoms with Gasteiger partial charge in [-0.05, 0) is 47.5 Å². The summed E-state index contributed by atoms with van der Waals surface area (Å²) in [6, 6.07) is 25.7. The van der Waals surface area contributed by atoms with Crippen molar-refractivity contribution in [2.45, 2.75) is 6.04 Å². The lowest BCUT2D eigenvalue weighted by atomic mass is 9.98. The molecule has 0 heterocycles. The monoisotopic (exact) mass is 372 g/mol. The third-order valence-electron chi connectivity index (χ3n) is 4.24. The average Bonchev–Trinajstić information content (AvgIpc) is 2.77. The van der Waals surface area contributed by atoms with E-state index in [1.54, 1.807) is 31.4 Å². The molecule has 1 atom stereocenters. The first-order valence-electron chi connectivity index (χ1n) is 8.81. The summed E-state index contributed by atoms with van der Waals surface area (Å²) in [7, 11) is 1.62. The fourth-order valence-electron chi connectivity index (χ4n) is 2.78. The lowest BCUT2D eigenvalue weighted by Crippen LogP contribution is -2.33. The summed E-state index contributed by atoms with van der Waals surface area (Å²) in [5.41, 5.74) is 2.46. The molecule has 0 aliphatic carbocycles. The zero-order valence-corrected chi connectivity index (χ0v) is 15.5. The van der Waals surface area contributed by atoms with Crippen molar-refractivity contribution in [2.24, 2.45) is 0 Å². The fraction of sp³-hybridized carbons (Fsp3) is 0.130. The van der Waals surface area contributed by atoms with Crippen LogP contribution < -0.4 is 14.8 Å². The van der Waals surface area contributed by atoms with Crippen LogP contribution in [-0.2, 0) is 4.79 Å². The van der Waals surface area contributed by atoms with E-state index in [9.17, 15) is 4.79 Å². The number of nitriles is 1. The Morgan fingerprint density at radius 3 is 2.14 bits per heavy atom. The Labute approximate surface area is 164 Å². The second-order valence-corrected chi connectivity index (χ2v) is 6.11. The van der Waals surface area contributed by atoms with Crippen molar-refractivity contribution in [3.05, 3.63) is 95.6 Å². The number of methoxy groups -OCH3 is 1. The van der Waals surface area contributed by atoms with E-state index in [0.29, 0.717) is 11.3 Å². The van der Waals surface area contributed by atoms with E-state index in [-0.39, 0.29) is 18.6 Å². The number of carbonyl (C=O) groups excluding carboxylic acids is 1. The van der Waals surface area contributed by atoms with E-state index in [4.69, 9.17) is 14.7 Å². The molecule has 5 heteroatoms. The smallest absolute Gasteiger partial charge is 0.258 e. The Balaban J connectivity index is 1.71. The van der Waals surface area contributed by atoms with Gasteiger partial charge in [-0.1, -0.05) is 42.5 Å². The molecule has 5 nitrogen and oxygen atoms in total. The number of nitrogens with one attached hydrogen (secondary N) is 1. The molecular formula is C23H20N2O3. The molecular weight excluding hydrogens is 352 g/mol. The summed E-state index contributed by atoms with van der Waals surface area (Å²) in [6.45, 7) is -0.120. The second kappa shape index (κ2) is 9.24. The van der Waals surface area contributed by atoms with Gasteiger partial charge in [0.1, 0.15) is 11.5 Å². The molecule has 3 rings (SSSR count). The van der Waals surface area contributed by atoms with Gasteiger partial charge in [0.15, 0.2) is 6.61 Å². The molecule has 0 unspecified atom stereocenters. The van der Waals surface area contributed by atoms with Gasteiger partial charge in [-0.25, -0.2) is 0 Å². The van der Waals surface area contributed by atoms with E-state index < -0.39 is 0 Å². The van der Waals surface area contributed by atoms with Gasteiger partial charge in [0.05, 0.1) is 24.8 Å². The van der Waals surface area contributed by atoms with Gasteiger partial charge >= 0.3 is 0 Å². The number of ether oxygens (including phenoxy) is 2. The molecule has 3 aromatic rings. The van der Waals surface area contributed by atoms with Crippen LogP contribution in [-0.4, -0.2) is 19.6 Å². The summed E-state index contributed by atoms with van der Waals surface area (Å²) < 4.78 is 10.7. The highest BCUT2D eigenvalue weighted by molar-refractivity contribution is 5.78. The second-order valence-electron chi connectivity index (χ2n) is 6.11. The molecule has 0 bridgehead atoms. The molecule has 0 radical (unpaired) electrons. The Kier molecular flexibility index (Phi) is 6.27. The van der Waals surface area contributed by atoms with Gasteiger partial charge in [-0.2, -0.15) is 5.26 Å². The van der Waals surface area contributed by atoms with Crippen molar-refractivity contribution < 1.29 is 14.3 Å². The van der Waals surface area contributed by atoms with E-state index in [2.05, 4.69) is 5.32 Å². The summed E-state index contributed by atoms with van der Waals surface area (Å²) >= 11 is 0. The van der Waals surface area contributed by atoms with E-state index in [1.807, 2.05) is 60.7 Å². The molecule has 1 N–H and O–H groups in total. The van der Waals surface area contributed by atoms with Gasteiger partial charge in [-0.3, -0.25) is 4.79 Å². The molecule has 0 spiro atoms. The van der Waals surface area contributed by atoms with Crippen LogP contribution in [0, 0.1) is 11.3 Å². The lowest BCUT2D eigenvalue weighted by molar-refractivity contribution is -0.123. The zero-order chi connectivity index (χ0) is 19.8. The minimum atomic E-state index is -0.302. The molecule has 0 saturated heterocycles. The Morgan fingerprint density at radius 2 is 1.54 bits per heavy atom. The highest BCUT2D eigenvalue weighted by Gasteiger charge is 2.17. The molecule has 0 aliphatic rings. The number of benzene rings is 3. The topological polar surface area (TPSA) is 71.3 Å². The number of hydrogen-bond donors (Lipinski definition) is 1. The Bertz CT molecular complexity index is 946. The van der Waals surface area contributed by atoms with Gasteiger partial charge < -0.3 is 14.8 Å². The molecule has 0 aromatic heterocycles. The summed E-state index contributed by atoms with van der Waals surface area (Å²) in [5, 5.41) is 11.9. The predicted molar refractivity (Wildman–Crippen MR) is 106 cm³/mol. The van der Waals surface area contributed by atoms with Gasteiger partial charge in [-0.15, -0.1) is 0 Å². The highest BCUT2D eigenvalue weighted by Crippen LogP contribution is 2.24. The standard InChI is InChI=1S/C23H20N2O3/c1-27-20-13-9-19(10-14-20)23(18-5-3-2-4-6-18)25-22(26)16-28-21-11-7-17(15-24)8-12-21/h2-14,23H,16H2,1H3,(H,25,26)/t23-/m1/s1. The van der Waals surface area contributed by atoms with E-state index in [1.165, 1.54) is 0 Å². The van der Waals surface area contributed by atoms with Crippen LogP contribution in [0.25, 0.3) is 0 Å². The van der Waals surface area contributed by atoms with Crippen molar-refractivity contribution in [3.8, 4) is 17.6 Å². The average molecular weight is 372 g/mol. The van der Waals surface area contributed by atoms with E-state index in [0.717, 1.165) is 16.9 Å². The first-order valence-corrected chi connectivity index (χ1v) is 8.81. The molecule has 3 aromatic carbocycles. The first-order chi connectivity index (χ1) is 13.7. The van der Waals surface area contributed by atoms with Crippen LogP contribution in [0.1, 0.15) is 22.7 Å². The zero-order valence-electron chi connectivity index (χ0n) is 15.5. The van der Waals surface area contributed by atoms with Crippen LogP contribution in [0.2, 0.25) is 0 Å². The van der Waals surface area contributed by atoms with Crippen molar-refractivity contribution in [3.63, 3.8) is 0 Å². The Morgan fingerprint density at radius 1 is 0.929 bits per heavy atom. The van der Waals surface area contributed by atoms with Gasteiger partial charge in [0, 0.05) is 0 Å². The lowest BCUT2D eigenvalue weighted by Gasteiger charge is -2.20. The molecule has 28 heavy (non-hydrogen) atoms. The largest absolute Gasteiger partial charge is 0.497 e. The Hall–Kier alpha value is -3.78. The number of nitrogens with zero attached hydrogens (tertiary/aromatic N) is 1. The van der Waals surface area contributed by atoms with Crippen molar-refractivity contribution in [1.82, 2.24) is 5.32 Å². The highest BCUT2D eigenvalue weighted by atomic mass is 16.5. The van der Waals surface area contributed by atoms with E-state index >= 15 is 0 Å². The summed E-state index contributed by atoms with van der Waals surface area (Å²) in [5.74, 6) is 1.05. The maximum absolute atomic E-state index is 12.5. The van der Waals surface area contributed by atoms with Crippen LogP contribution in [0.3, 0.4) is 0 Å². The van der Waals surface area contributed by atoms with Crippen LogP contribution in [0.5, 0.6) is 11.5 Å². The van der Waals surface area contributed by atoms with Crippen molar-refractivity contribution in [2.75, 3.05) is 13.7 Å². The molecule has 0 saturated carbocycles. The maximum atomic E-state index is 12.5. The van der Waals surface area contributed by atoms with Gasteiger partial charge in [0.25, 0.3) is 5.91 Å². The minimum absolute atomic E-state index is 0.120. The normalized spacial score (nSPS) is 11.1. The van der Waals surface area contributed by atoms with Crippen molar-refractivity contribution >= 4 is 5.91 Å². The third-order valence-corrected chi connectivity index (χ3v) is 4.24. The van der Waals surface area contributed by atoms with Crippen LogP contribution in [0.15, 0.2) is 78.9 Å². The molecule has 0 aliphatic heterocycles. The number of hydrogen-bond acceptors (Lipinski definition) is 4. The van der Waals surface area contributed by atoms with Crippen molar-refractivity contribution in [1.29, 1.82) is 5.26 Å². The SMILES string of the molecule is COc1ccc([C@H](NC(=O)COc2ccc(C#N)cc2)c2ccccc2)cc1. The fourth-order valence-corrected chi connectivity index (χ4v) is 2.78. The van der Waals surface area contributed by atoms with Crippen LogP contribution in [0.4, 0.5) is 0 Å². The predicted octanol–water partition coefficient (Wildman–Crippen LogP) is 3.85. The quantitative estimate of drug-likeness (QED) is 0.684. The van der Waals surface area contributed by atoms with Crippen LogP contribution >= 0.6 is 0 Å². The molecule has 0 fully saturated rings. The molecule has 140 valence electrons. The summed E-state index contributed by atoms with van der Waals surface area (Å²) in [6.07, 6.45) is 0. The first kappa shape index (κ1) is 19.0. The maximum Gasteiger partial charge on any atom is 0.258 e. The third kappa shape index (κ3) is 4.89. The minimum Gasteiger partial charge on any atom is -0.497 e. The molecule has 1 amide bonds. The summed E-state index contributed by atoms with van der Waals surface area (Å²) in [4.78, 5) is 12.5. The number of rotatable bonds is 7. The number of carbonyl (C=O) groups is 1.